The predicted molar refractivity (Wildman–Crippen MR) is 98.8 cm³/mol. The van der Waals surface area contributed by atoms with Gasteiger partial charge in [-0.05, 0) is 29.8 Å². The first-order valence-electron chi connectivity index (χ1n) is 7.85. The van der Waals surface area contributed by atoms with Gasteiger partial charge in [0.05, 0.1) is 19.4 Å². The van der Waals surface area contributed by atoms with Crippen LogP contribution in [0.25, 0.3) is 0 Å². The number of para-hydroxylation sites is 1. The summed E-state index contributed by atoms with van der Waals surface area (Å²) in [4.78, 5) is 4.58. The number of nitrogens with one attached hydrogen (secondary N) is 1. The summed E-state index contributed by atoms with van der Waals surface area (Å²) in [6.45, 7) is 0.844. The number of thioether (sulfide) groups is 1. The van der Waals surface area contributed by atoms with Crippen molar-refractivity contribution in [2.75, 3.05) is 19.7 Å². The second-order valence-corrected chi connectivity index (χ2v) is 6.43. The number of hydrogen-bond donors (Lipinski definition) is 1. The minimum absolute atomic E-state index is 0.283. The quantitative estimate of drug-likeness (QED) is 0.913. The van der Waals surface area contributed by atoms with Gasteiger partial charge >= 0.3 is 0 Å². The molecular weight excluding hydrogens is 338 g/mol. The Kier molecular flexibility index (Phi) is 4.47. The second kappa shape index (κ2) is 7.06. The fourth-order valence-corrected chi connectivity index (χ4v) is 3.38. The van der Waals surface area contributed by atoms with Crippen LogP contribution in [0.1, 0.15) is 11.1 Å². The van der Waals surface area contributed by atoms with E-state index in [1.165, 1.54) is 0 Å². The number of benzene rings is 2. The van der Waals surface area contributed by atoms with Crippen LogP contribution in [0, 0.1) is 0 Å². The lowest BCUT2D eigenvalue weighted by Crippen LogP contribution is -2.25. The van der Waals surface area contributed by atoms with Gasteiger partial charge in [-0.2, -0.15) is 5.10 Å². The minimum atomic E-state index is 0.283. The summed E-state index contributed by atoms with van der Waals surface area (Å²) >= 11 is 1.63. The van der Waals surface area contributed by atoms with Gasteiger partial charge < -0.3 is 14.2 Å². The Balaban J connectivity index is 1.44. The van der Waals surface area contributed by atoms with Crippen LogP contribution in [0.5, 0.6) is 17.2 Å². The molecule has 0 bridgehead atoms. The van der Waals surface area contributed by atoms with Crippen LogP contribution in [0.15, 0.2) is 52.6 Å². The lowest BCUT2D eigenvalue weighted by Gasteiger charge is -2.16. The number of methoxy groups -OCH3 is 1. The second-order valence-electron chi connectivity index (χ2n) is 5.47. The van der Waals surface area contributed by atoms with Crippen molar-refractivity contribution >= 4 is 22.6 Å². The standard InChI is InChI=1S/C18H17N3O3S/c1-22-15-5-3-2-4-13(15)14-10-25-18(21-20-14)19-9-12-6-7-16-17(8-12)24-11-23-16/h2-8H,9-11H2,1H3,(H,19,21). The van der Waals surface area contributed by atoms with Gasteiger partial charge in [0.25, 0.3) is 0 Å². The Bertz CT molecular complexity index is 851. The molecule has 6 nitrogen and oxygen atoms in total. The van der Waals surface area contributed by atoms with Crippen LogP contribution in [0.2, 0.25) is 0 Å². The van der Waals surface area contributed by atoms with Crippen molar-refractivity contribution in [2.24, 2.45) is 10.1 Å². The molecular formula is C18H17N3O3S. The first-order chi connectivity index (χ1) is 12.3. The van der Waals surface area contributed by atoms with Crippen LogP contribution in [-0.2, 0) is 6.54 Å². The lowest BCUT2D eigenvalue weighted by molar-refractivity contribution is 0.174. The molecule has 0 fully saturated rings. The number of amidine groups is 1. The summed E-state index contributed by atoms with van der Waals surface area (Å²) in [6.07, 6.45) is 0. The van der Waals surface area contributed by atoms with Crippen molar-refractivity contribution in [3.05, 3.63) is 53.6 Å². The third-order valence-corrected chi connectivity index (χ3v) is 4.80. The van der Waals surface area contributed by atoms with Crippen LogP contribution in [0.4, 0.5) is 0 Å². The largest absolute Gasteiger partial charge is 0.496 e. The van der Waals surface area contributed by atoms with Crippen molar-refractivity contribution in [3.63, 3.8) is 0 Å². The summed E-state index contributed by atoms with van der Waals surface area (Å²) in [5.41, 5.74) is 6.05. The Morgan fingerprint density at radius 2 is 2.08 bits per heavy atom. The fraction of sp³-hybridized carbons (Fsp3) is 0.222. The molecule has 2 aliphatic heterocycles. The van der Waals surface area contributed by atoms with Crippen molar-refractivity contribution in [2.45, 2.75) is 6.54 Å². The van der Waals surface area contributed by atoms with E-state index in [-0.39, 0.29) is 6.79 Å². The van der Waals surface area contributed by atoms with E-state index in [4.69, 9.17) is 14.2 Å². The molecule has 25 heavy (non-hydrogen) atoms. The van der Waals surface area contributed by atoms with Crippen LogP contribution in [-0.4, -0.2) is 30.5 Å². The van der Waals surface area contributed by atoms with Gasteiger partial charge in [-0.15, -0.1) is 0 Å². The first kappa shape index (κ1) is 15.8. The molecule has 0 atom stereocenters. The zero-order chi connectivity index (χ0) is 17.1. The molecule has 0 aliphatic carbocycles. The monoisotopic (exact) mass is 355 g/mol. The molecule has 2 aromatic carbocycles. The first-order valence-corrected chi connectivity index (χ1v) is 8.84. The highest BCUT2D eigenvalue weighted by atomic mass is 32.2. The lowest BCUT2D eigenvalue weighted by atomic mass is 10.1. The normalized spacial score (nSPS) is 17.2. The topological polar surface area (TPSA) is 64.4 Å². The summed E-state index contributed by atoms with van der Waals surface area (Å²) in [6, 6.07) is 13.7. The summed E-state index contributed by atoms with van der Waals surface area (Å²) in [5, 5.41) is 5.25. The van der Waals surface area contributed by atoms with Crippen molar-refractivity contribution in [1.29, 1.82) is 0 Å². The van der Waals surface area contributed by atoms with E-state index in [2.05, 4.69) is 15.5 Å². The molecule has 4 rings (SSSR count). The zero-order valence-corrected chi connectivity index (χ0v) is 14.5. The van der Waals surface area contributed by atoms with Gasteiger partial charge in [0.1, 0.15) is 5.75 Å². The number of hydrogen-bond acceptors (Lipinski definition) is 6. The van der Waals surface area contributed by atoms with Crippen LogP contribution in [0.3, 0.4) is 0 Å². The van der Waals surface area contributed by atoms with E-state index < -0.39 is 0 Å². The highest BCUT2D eigenvalue weighted by Crippen LogP contribution is 2.32. The summed E-state index contributed by atoms with van der Waals surface area (Å²) < 4.78 is 16.1. The highest BCUT2D eigenvalue weighted by molar-refractivity contribution is 8.14. The van der Waals surface area contributed by atoms with Gasteiger partial charge in [0.15, 0.2) is 16.7 Å². The maximum atomic E-state index is 5.40. The molecule has 2 aromatic rings. The fourth-order valence-electron chi connectivity index (χ4n) is 2.62. The third-order valence-electron chi connectivity index (χ3n) is 3.89. The maximum Gasteiger partial charge on any atom is 0.231 e. The van der Waals surface area contributed by atoms with Gasteiger partial charge in [-0.25, -0.2) is 0 Å². The maximum absolute atomic E-state index is 5.40. The summed E-state index contributed by atoms with van der Waals surface area (Å²) in [5.74, 6) is 3.13. The number of rotatable bonds is 4. The molecule has 1 N–H and O–H groups in total. The van der Waals surface area contributed by atoms with Gasteiger partial charge in [0.2, 0.25) is 6.79 Å². The molecule has 2 heterocycles. The van der Waals surface area contributed by atoms with Gasteiger partial charge in [-0.1, -0.05) is 30.0 Å². The molecule has 0 amide bonds. The molecule has 0 spiro atoms. The van der Waals surface area contributed by atoms with Crippen molar-refractivity contribution in [1.82, 2.24) is 5.43 Å². The van der Waals surface area contributed by atoms with E-state index in [1.54, 1.807) is 18.9 Å². The molecule has 7 heteroatoms. The third kappa shape index (κ3) is 3.41. The SMILES string of the molecule is COc1ccccc1C1=NNC(=NCc2ccc3c(c2)OCO3)SC1. The molecule has 128 valence electrons. The average Bonchev–Trinajstić information content (AvgIpc) is 3.14. The molecule has 0 unspecified atom stereocenters. The molecule has 0 saturated carbocycles. The zero-order valence-electron chi connectivity index (χ0n) is 13.7. The van der Waals surface area contributed by atoms with E-state index in [0.717, 1.165) is 45.0 Å². The molecule has 0 saturated heterocycles. The van der Waals surface area contributed by atoms with Crippen molar-refractivity contribution in [3.8, 4) is 17.2 Å². The predicted octanol–water partition coefficient (Wildman–Crippen LogP) is 3.02. The van der Waals surface area contributed by atoms with E-state index >= 15 is 0 Å². The highest BCUT2D eigenvalue weighted by Gasteiger charge is 2.16. The van der Waals surface area contributed by atoms with E-state index in [1.807, 2.05) is 42.5 Å². The van der Waals surface area contributed by atoms with Crippen LogP contribution < -0.4 is 19.6 Å². The average molecular weight is 355 g/mol. The smallest absolute Gasteiger partial charge is 0.231 e. The van der Waals surface area contributed by atoms with E-state index in [9.17, 15) is 0 Å². The Morgan fingerprint density at radius 1 is 1.20 bits per heavy atom. The minimum Gasteiger partial charge on any atom is -0.496 e. The number of nitrogens with zero attached hydrogens (tertiary/aromatic N) is 2. The van der Waals surface area contributed by atoms with Crippen LogP contribution >= 0.6 is 11.8 Å². The molecule has 0 radical (unpaired) electrons. The molecule has 2 aliphatic rings. The van der Waals surface area contributed by atoms with Gasteiger partial charge in [0, 0.05) is 11.3 Å². The number of fused-ring (bicyclic) bond motifs is 1. The Morgan fingerprint density at radius 3 is 2.92 bits per heavy atom. The Hall–Kier alpha value is -2.67. The van der Waals surface area contributed by atoms with E-state index in [0.29, 0.717) is 6.54 Å². The number of hydrazone groups is 1. The molecule has 0 aromatic heterocycles. The summed E-state index contributed by atoms with van der Waals surface area (Å²) in [7, 11) is 1.67. The Labute approximate surface area is 149 Å². The van der Waals surface area contributed by atoms with Crippen molar-refractivity contribution < 1.29 is 14.2 Å². The number of aliphatic imine (C=N–C) groups is 1. The number of ether oxygens (including phenoxy) is 3. The van der Waals surface area contributed by atoms with Gasteiger partial charge in [-0.3, -0.25) is 10.4 Å².